The molecular weight excluding hydrogens is 460 g/mol. The smallest absolute Gasteiger partial charge is 0.252 e. The molecule has 0 radical (unpaired) electrons. The SMILES string of the molecule is Cc1cccc(CCN(Cc2cc3cccc(C)c3[nH]c2=O)Cc2nnnn2CCc2ccccc2)c1. The number of fused-ring (bicyclic) bond motifs is 1. The number of nitrogens with one attached hydrogen (secondary N) is 1. The van der Waals surface area contributed by atoms with Crippen LogP contribution in [-0.2, 0) is 32.5 Å². The van der Waals surface area contributed by atoms with Crippen LogP contribution in [0, 0.1) is 13.8 Å². The highest BCUT2D eigenvalue weighted by molar-refractivity contribution is 5.81. The summed E-state index contributed by atoms with van der Waals surface area (Å²) in [6.45, 7) is 6.67. The summed E-state index contributed by atoms with van der Waals surface area (Å²) in [5.74, 6) is 0.799. The molecule has 0 atom stereocenters. The monoisotopic (exact) mass is 492 g/mol. The van der Waals surface area contributed by atoms with Crippen LogP contribution in [0.4, 0.5) is 0 Å². The van der Waals surface area contributed by atoms with Crippen LogP contribution in [0.15, 0.2) is 83.7 Å². The lowest BCUT2D eigenvalue weighted by molar-refractivity contribution is 0.247. The number of aromatic nitrogens is 5. The summed E-state index contributed by atoms with van der Waals surface area (Å²) >= 11 is 0. The van der Waals surface area contributed by atoms with Gasteiger partial charge in [-0.1, -0.05) is 78.4 Å². The van der Waals surface area contributed by atoms with Crippen molar-refractivity contribution in [1.82, 2.24) is 30.1 Å². The number of tetrazole rings is 1. The van der Waals surface area contributed by atoms with Crippen LogP contribution >= 0.6 is 0 Å². The minimum Gasteiger partial charge on any atom is -0.321 e. The van der Waals surface area contributed by atoms with Crippen molar-refractivity contribution in [3.63, 3.8) is 0 Å². The molecule has 3 aromatic carbocycles. The molecule has 5 aromatic rings. The van der Waals surface area contributed by atoms with Gasteiger partial charge in [-0.3, -0.25) is 9.69 Å². The van der Waals surface area contributed by atoms with Crippen molar-refractivity contribution in [3.05, 3.63) is 123 Å². The lowest BCUT2D eigenvalue weighted by Crippen LogP contribution is -2.30. The molecule has 0 saturated carbocycles. The molecule has 0 bridgehead atoms. The standard InChI is InChI=1S/C30H32N6O/c1-22-8-6-12-25(18-22)14-16-35(20-27-19-26-13-7-9-23(2)29(26)31-30(27)37)21-28-32-33-34-36(28)17-15-24-10-4-3-5-11-24/h3-13,18-19H,14-17,20-21H2,1-2H3,(H,31,37). The van der Waals surface area contributed by atoms with Crippen molar-refractivity contribution in [2.24, 2.45) is 0 Å². The lowest BCUT2D eigenvalue weighted by Gasteiger charge is -2.22. The van der Waals surface area contributed by atoms with E-state index in [0.717, 1.165) is 47.2 Å². The average Bonchev–Trinajstić information content (AvgIpc) is 3.34. The van der Waals surface area contributed by atoms with Crippen LogP contribution in [0.1, 0.15) is 33.6 Å². The minimum atomic E-state index is -0.0500. The fourth-order valence-electron chi connectivity index (χ4n) is 4.75. The Hall–Kier alpha value is -4.10. The molecule has 0 saturated heterocycles. The number of aromatic amines is 1. The number of pyridine rings is 1. The molecule has 0 spiro atoms. The minimum absolute atomic E-state index is 0.0500. The summed E-state index contributed by atoms with van der Waals surface area (Å²) < 4.78 is 1.88. The van der Waals surface area contributed by atoms with E-state index < -0.39 is 0 Å². The van der Waals surface area contributed by atoms with Gasteiger partial charge in [-0.2, -0.15) is 0 Å². The molecule has 2 aromatic heterocycles. The van der Waals surface area contributed by atoms with E-state index >= 15 is 0 Å². The van der Waals surface area contributed by atoms with Crippen LogP contribution in [0.2, 0.25) is 0 Å². The normalized spacial score (nSPS) is 11.4. The first-order valence-corrected chi connectivity index (χ1v) is 12.7. The number of nitrogens with zero attached hydrogens (tertiary/aromatic N) is 5. The molecule has 1 N–H and O–H groups in total. The van der Waals surface area contributed by atoms with Gasteiger partial charge >= 0.3 is 0 Å². The van der Waals surface area contributed by atoms with E-state index in [1.165, 1.54) is 16.7 Å². The quantitative estimate of drug-likeness (QED) is 0.308. The van der Waals surface area contributed by atoms with E-state index in [1.54, 1.807) is 0 Å². The maximum Gasteiger partial charge on any atom is 0.252 e. The Labute approximate surface area is 216 Å². The van der Waals surface area contributed by atoms with Crippen LogP contribution in [0.25, 0.3) is 10.9 Å². The number of aryl methyl sites for hydroxylation is 4. The molecule has 7 heteroatoms. The van der Waals surface area contributed by atoms with E-state index in [0.29, 0.717) is 19.6 Å². The summed E-state index contributed by atoms with van der Waals surface area (Å²) in [7, 11) is 0. The number of hydrogen-bond donors (Lipinski definition) is 1. The Morgan fingerprint density at radius 2 is 1.68 bits per heavy atom. The highest BCUT2D eigenvalue weighted by Crippen LogP contribution is 2.17. The van der Waals surface area contributed by atoms with Gasteiger partial charge in [0.1, 0.15) is 0 Å². The zero-order valence-corrected chi connectivity index (χ0v) is 21.4. The van der Waals surface area contributed by atoms with Crippen LogP contribution < -0.4 is 5.56 Å². The van der Waals surface area contributed by atoms with Gasteiger partial charge in [0.05, 0.1) is 12.1 Å². The summed E-state index contributed by atoms with van der Waals surface area (Å²) in [6, 6.07) is 27.0. The maximum absolute atomic E-state index is 13.0. The highest BCUT2D eigenvalue weighted by Gasteiger charge is 2.16. The summed E-state index contributed by atoms with van der Waals surface area (Å²) in [6.07, 6.45) is 1.73. The van der Waals surface area contributed by atoms with Gasteiger partial charge in [0.2, 0.25) is 0 Å². The summed E-state index contributed by atoms with van der Waals surface area (Å²) in [4.78, 5) is 18.4. The summed E-state index contributed by atoms with van der Waals surface area (Å²) in [5.41, 5.74) is 6.42. The third kappa shape index (κ3) is 6.19. The van der Waals surface area contributed by atoms with Gasteiger partial charge in [-0.05, 0) is 65.3 Å². The van der Waals surface area contributed by atoms with Gasteiger partial charge in [0.25, 0.3) is 5.56 Å². The average molecular weight is 493 g/mol. The highest BCUT2D eigenvalue weighted by atomic mass is 16.1. The zero-order valence-electron chi connectivity index (χ0n) is 21.4. The van der Waals surface area contributed by atoms with Gasteiger partial charge in [-0.15, -0.1) is 5.10 Å². The molecule has 0 unspecified atom stereocenters. The molecule has 0 aliphatic carbocycles. The van der Waals surface area contributed by atoms with E-state index in [-0.39, 0.29) is 5.56 Å². The predicted molar refractivity (Wildman–Crippen MR) is 146 cm³/mol. The van der Waals surface area contributed by atoms with Gasteiger partial charge in [-0.25, -0.2) is 4.68 Å². The van der Waals surface area contributed by atoms with Gasteiger partial charge in [0.15, 0.2) is 5.82 Å². The molecule has 7 nitrogen and oxygen atoms in total. The number of benzene rings is 3. The topological polar surface area (TPSA) is 79.7 Å². The number of H-pyrrole nitrogens is 1. The molecule has 188 valence electrons. The van der Waals surface area contributed by atoms with Crippen LogP contribution in [0.3, 0.4) is 0 Å². The number of hydrogen-bond acceptors (Lipinski definition) is 5. The third-order valence-electron chi connectivity index (χ3n) is 6.78. The van der Waals surface area contributed by atoms with Crippen LogP contribution in [-0.4, -0.2) is 36.6 Å². The fourth-order valence-corrected chi connectivity index (χ4v) is 4.75. The van der Waals surface area contributed by atoms with Crippen molar-refractivity contribution in [2.75, 3.05) is 6.54 Å². The van der Waals surface area contributed by atoms with E-state index in [9.17, 15) is 4.79 Å². The fraction of sp³-hybridized carbons (Fsp3) is 0.267. The Kier molecular flexibility index (Phi) is 7.51. The Bertz CT molecular complexity index is 1540. The van der Waals surface area contributed by atoms with Crippen molar-refractivity contribution in [3.8, 4) is 0 Å². The second-order valence-corrected chi connectivity index (χ2v) is 9.67. The van der Waals surface area contributed by atoms with Gasteiger partial charge in [0, 0.05) is 25.2 Å². The van der Waals surface area contributed by atoms with Gasteiger partial charge < -0.3 is 4.98 Å². The number of rotatable bonds is 10. The number of para-hydroxylation sites is 1. The Balaban J connectivity index is 1.38. The van der Waals surface area contributed by atoms with Crippen molar-refractivity contribution >= 4 is 10.9 Å². The molecule has 37 heavy (non-hydrogen) atoms. The molecule has 5 rings (SSSR count). The van der Waals surface area contributed by atoms with Crippen LogP contribution in [0.5, 0.6) is 0 Å². The first kappa shape index (κ1) is 24.6. The van der Waals surface area contributed by atoms with E-state index in [4.69, 9.17) is 0 Å². The predicted octanol–water partition coefficient (Wildman–Crippen LogP) is 4.62. The third-order valence-corrected chi connectivity index (χ3v) is 6.78. The Morgan fingerprint density at radius 3 is 2.51 bits per heavy atom. The lowest BCUT2D eigenvalue weighted by atomic mass is 10.1. The molecule has 0 aliphatic rings. The second-order valence-electron chi connectivity index (χ2n) is 9.67. The zero-order chi connectivity index (χ0) is 25.6. The van der Waals surface area contributed by atoms with E-state index in [2.05, 4.69) is 68.7 Å². The first-order chi connectivity index (χ1) is 18.0. The first-order valence-electron chi connectivity index (χ1n) is 12.7. The molecular formula is C30H32N6O. The van der Waals surface area contributed by atoms with Crippen molar-refractivity contribution in [1.29, 1.82) is 0 Å². The maximum atomic E-state index is 13.0. The van der Waals surface area contributed by atoms with E-state index in [1.807, 2.05) is 54.1 Å². The second kappa shape index (κ2) is 11.3. The Morgan fingerprint density at radius 1 is 0.865 bits per heavy atom. The summed E-state index contributed by atoms with van der Waals surface area (Å²) in [5, 5.41) is 13.6. The van der Waals surface area contributed by atoms with Crippen molar-refractivity contribution in [2.45, 2.75) is 46.3 Å². The molecule has 0 aliphatic heterocycles. The van der Waals surface area contributed by atoms with Crippen molar-refractivity contribution < 1.29 is 0 Å². The molecule has 0 fully saturated rings. The molecule has 2 heterocycles. The largest absolute Gasteiger partial charge is 0.321 e. The molecule has 0 amide bonds.